The summed E-state index contributed by atoms with van der Waals surface area (Å²) >= 11 is 0. The number of carboxylic acid groups (broad SMARTS) is 1. The van der Waals surface area contributed by atoms with Gasteiger partial charge in [0.15, 0.2) is 11.5 Å². The standard InChI is InChI=1S/C28H31NO6/c1-4-17-29(28(32)23-18-20(12-16-27(30)31)11-15-24(23)33-2)19-21-9-13-22(14-10-21)35-26-8-6-5-7-25(26)34-3/h5-11,13-15,18H,4,12,16-17,19H2,1-3H3,(H,30,31). The van der Waals surface area contributed by atoms with Crippen molar-refractivity contribution in [1.29, 1.82) is 0 Å². The second kappa shape index (κ2) is 12.5. The van der Waals surface area contributed by atoms with Gasteiger partial charge in [0.05, 0.1) is 19.8 Å². The Bertz CT molecular complexity index is 1140. The molecule has 0 fully saturated rings. The molecular formula is C28H31NO6. The minimum absolute atomic E-state index is 0.00189. The van der Waals surface area contributed by atoms with Crippen molar-refractivity contribution in [2.75, 3.05) is 20.8 Å². The van der Waals surface area contributed by atoms with E-state index in [0.29, 0.717) is 48.1 Å². The molecule has 0 aliphatic heterocycles. The van der Waals surface area contributed by atoms with E-state index in [0.717, 1.165) is 17.5 Å². The summed E-state index contributed by atoms with van der Waals surface area (Å²) in [6.45, 7) is 3.01. The number of hydrogen-bond donors (Lipinski definition) is 1. The number of benzene rings is 3. The summed E-state index contributed by atoms with van der Waals surface area (Å²) in [5.41, 5.74) is 2.17. The van der Waals surface area contributed by atoms with Gasteiger partial charge in [0.25, 0.3) is 5.91 Å². The molecule has 0 saturated carbocycles. The molecule has 0 radical (unpaired) electrons. The van der Waals surface area contributed by atoms with E-state index in [1.165, 1.54) is 7.11 Å². The molecule has 0 aliphatic rings. The predicted octanol–water partition coefficient (Wildman–Crippen LogP) is 5.57. The smallest absolute Gasteiger partial charge is 0.303 e. The lowest BCUT2D eigenvalue weighted by atomic mass is 10.0. The summed E-state index contributed by atoms with van der Waals surface area (Å²) in [6.07, 6.45) is 1.14. The van der Waals surface area contributed by atoms with Crippen molar-refractivity contribution in [3.05, 3.63) is 83.4 Å². The third-order valence-electron chi connectivity index (χ3n) is 5.50. The Kier molecular flexibility index (Phi) is 9.12. The monoisotopic (exact) mass is 477 g/mol. The first-order valence-electron chi connectivity index (χ1n) is 11.5. The van der Waals surface area contributed by atoms with Crippen molar-refractivity contribution in [2.24, 2.45) is 0 Å². The molecule has 1 amide bonds. The Labute approximate surface area is 205 Å². The minimum Gasteiger partial charge on any atom is -0.496 e. The van der Waals surface area contributed by atoms with Gasteiger partial charge in [-0.25, -0.2) is 0 Å². The van der Waals surface area contributed by atoms with Crippen LogP contribution in [0.25, 0.3) is 0 Å². The highest BCUT2D eigenvalue weighted by Crippen LogP contribution is 2.31. The summed E-state index contributed by atoms with van der Waals surface area (Å²) in [4.78, 5) is 26.2. The molecule has 3 rings (SSSR count). The lowest BCUT2D eigenvalue weighted by Gasteiger charge is -2.24. The molecule has 0 unspecified atom stereocenters. The van der Waals surface area contributed by atoms with Gasteiger partial charge in [-0.3, -0.25) is 9.59 Å². The third kappa shape index (κ3) is 6.99. The van der Waals surface area contributed by atoms with E-state index in [9.17, 15) is 9.59 Å². The summed E-state index contributed by atoms with van der Waals surface area (Å²) < 4.78 is 16.7. The number of nitrogens with zero attached hydrogens (tertiary/aromatic N) is 1. The molecule has 7 nitrogen and oxygen atoms in total. The van der Waals surface area contributed by atoms with E-state index < -0.39 is 5.97 Å². The fourth-order valence-corrected chi connectivity index (χ4v) is 3.74. The molecule has 7 heteroatoms. The fraction of sp³-hybridized carbons (Fsp3) is 0.286. The van der Waals surface area contributed by atoms with Crippen molar-refractivity contribution in [1.82, 2.24) is 4.90 Å². The van der Waals surface area contributed by atoms with Crippen LogP contribution in [0.4, 0.5) is 0 Å². The van der Waals surface area contributed by atoms with Gasteiger partial charge in [-0.1, -0.05) is 37.3 Å². The number of hydrogen-bond acceptors (Lipinski definition) is 5. The summed E-state index contributed by atoms with van der Waals surface area (Å²) in [5.74, 6) is 1.38. The number of para-hydroxylation sites is 2. The lowest BCUT2D eigenvalue weighted by Crippen LogP contribution is -2.31. The highest BCUT2D eigenvalue weighted by molar-refractivity contribution is 5.97. The lowest BCUT2D eigenvalue weighted by molar-refractivity contribution is -0.136. The van der Waals surface area contributed by atoms with Crippen LogP contribution in [0, 0.1) is 0 Å². The van der Waals surface area contributed by atoms with Crippen LogP contribution < -0.4 is 14.2 Å². The SMILES string of the molecule is CCCN(Cc1ccc(Oc2ccccc2OC)cc1)C(=O)c1cc(CCC(=O)O)ccc1OC. The van der Waals surface area contributed by atoms with Crippen LogP contribution in [0.1, 0.15) is 41.3 Å². The Morgan fingerprint density at radius 1 is 0.857 bits per heavy atom. The number of aliphatic carboxylic acids is 1. The summed E-state index contributed by atoms with van der Waals surface area (Å²) in [6, 6.07) is 20.3. The Morgan fingerprint density at radius 2 is 1.51 bits per heavy atom. The molecule has 184 valence electrons. The van der Waals surface area contributed by atoms with Crippen LogP contribution in [0.3, 0.4) is 0 Å². The zero-order valence-electron chi connectivity index (χ0n) is 20.3. The molecule has 1 N–H and O–H groups in total. The second-order valence-corrected chi connectivity index (χ2v) is 8.05. The zero-order chi connectivity index (χ0) is 25.2. The van der Waals surface area contributed by atoms with Crippen LogP contribution in [-0.4, -0.2) is 42.6 Å². The molecule has 35 heavy (non-hydrogen) atoms. The maximum Gasteiger partial charge on any atom is 0.303 e. The molecule has 0 bridgehead atoms. The van der Waals surface area contributed by atoms with Crippen LogP contribution in [-0.2, 0) is 17.8 Å². The maximum absolute atomic E-state index is 13.5. The number of ether oxygens (including phenoxy) is 3. The van der Waals surface area contributed by atoms with Gasteiger partial charge in [-0.15, -0.1) is 0 Å². The molecule has 0 aromatic heterocycles. The largest absolute Gasteiger partial charge is 0.496 e. The number of rotatable bonds is 12. The molecule has 0 heterocycles. The van der Waals surface area contributed by atoms with Crippen molar-refractivity contribution in [2.45, 2.75) is 32.7 Å². The molecule has 0 saturated heterocycles. The van der Waals surface area contributed by atoms with Gasteiger partial charge in [0.2, 0.25) is 0 Å². The summed E-state index contributed by atoms with van der Waals surface area (Å²) in [7, 11) is 3.12. The van der Waals surface area contributed by atoms with Crippen molar-refractivity contribution < 1.29 is 28.9 Å². The van der Waals surface area contributed by atoms with E-state index in [4.69, 9.17) is 19.3 Å². The van der Waals surface area contributed by atoms with Crippen LogP contribution >= 0.6 is 0 Å². The molecule has 3 aromatic carbocycles. The number of amides is 1. The van der Waals surface area contributed by atoms with Gasteiger partial charge in [0, 0.05) is 19.5 Å². The number of carbonyl (C=O) groups excluding carboxylic acids is 1. The first-order chi connectivity index (χ1) is 16.9. The predicted molar refractivity (Wildman–Crippen MR) is 133 cm³/mol. The minimum atomic E-state index is -0.876. The quantitative estimate of drug-likeness (QED) is 0.367. The average molecular weight is 478 g/mol. The number of methoxy groups -OCH3 is 2. The molecule has 0 spiro atoms. The highest BCUT2D eigenvalue weighted by Gasteiger charge is 2.20. The first kappa shape index (κ1) is 25.6. The van der Waals surface area contributed by atoms with E-state index in [-0.39, 0.29) is 12.3 Å². The second-order valence-electron chi connectivity index (χ2n) is 8.05. The van der Waals surface area contributed by atoms with Gasteiger partial charge >= 0.3 is 5.97 Å². The molecule has 0 atom stereocenters. The number of carboxylic acids is 1. The highest BCUT2D eigenvalue weighted by atomic mass is 16.5. The Hall–Kier alpha value is -4.00. The summed E-state index contributed by atoms with van der Waals surface area (Å²) in [5, 5.41) is 8.99. The van der Waals surface area contributed by atoms with E-state index >= 15 is 0 Å². The third-order valence-corrected chi connectivity index (χ3v) is 5.50. The molecule has 3 aromatic rings. The van der Waals surface area contributed by atoms with E-state index in [1.807, 2.05) is 55.5 Å². The Balaban J connectivity index is 1.77. The molecular weight excluding hydrogens is 446 g/mol. The average Bonchev–Trinajstić information content (AvgIpc) is 2.88. The van der Waals surface area contributed by atoms with Gasteiger partial charge in [-0.05, 0) is 60.4 Å². The van der Waals surface area contributed by atoms with Crippen LogP contribution in [0.15, 0.2) is 66.7 Å². The number of aryl methyl sites for hydroxylation is 1. The zero-order valence-corrected chi connectivity index (χ0v) is 20.3. The van der Waals surface area contributed by atoms with E-state index in [1.54, 1.807) is 30.2 Å². The van der Waals surface area contributed by atoms with Crippen molar-refractivity contribution in [3.8, 4) is 23.0 Å². The Morgan fingerprint density at radius 3 is 2.14 bits per heavy atom. The van der Waals surface area contributed by atoms with Gasteiger partial charge in [-0.2, -0.15) is 0 Å². The topological polar surface area (TPSA) is 85.3 Å². The van der Waals surface area contributed by atoms with Crippen molar-refractivity contribution >= 4 is 11.9 Å². The van der Waals surface area contributed by atoms with Crippen molar-refractivity contribution in [3.63, 3.8) is 0 Å². The first-order valence-corrected chi connectivity index (χ1v) is 11.5. The fourth-order valence-electron chi connectivity index (χ4n) is 3.74. The van der Waals surface area contributed by atoms with Gasteiger partial charge in [0.1, 0.15) is 11.5 Å². The normalized spacial score (nSPS) is 10.5. The van der Waals surface area contributed by atoms with E-state index in [2.05, 4.69) is 0 Å². The van der Waals surface area contributed by atoms with Crippen LogP contribution in [0.2, 0.25) is 0 Å². The van der Waals surface area contributed by atoms with Crippen LogP contribution in [0.5, 0.6) is 23.0 Å². The maximum atomic E-state index is 13.5. The van der Waals surface area contributed by atoms with Gasteiger partial charge < -0.3 is 24.2 Å². The molecule has 0 aliphatic carbocycles. The number of carbonyl (C=O) groups is 2.